The van der Waals surface area contributed by atoms with Gasteiger partial charge in [-0.1, -0.05) is 0 Å². The van der Waals surface area contributed by atoms with Crippen molar-refractivity contribution in [3.63, 3.8) is 0 Å². The van der Waals surface area contributed by atoms with Gasteiger partial charge in [0.15, 0.2) is 5.82 Å². The van der Waals surface area contributed by atoms with E-state index in [-0.39, 0.29) is 0 Å². The van der Waals surface area contributed by atoms with Crippen molar-refractivity contribution in [1.29, 1.82) is 0 Å². The first-order chi connectivity index (χ1) is 4.68. The van der Waals surface area contributed by atoms with Gasteiger partial charge >= 0.3 is 0 Å². The van der Waals surface area contributed by atoms with E-state index in [0.717, 1.165) is 12.4 Å². The lowest BCUT2D eigenvalue weighted by Crippen LogP contribution is -2.12. The van der Waals surface area contributed by atoms with Crippen molar-refractivity contribution in [2.24, 2.45) is 7.05 Å². The molecule has 1 aromatic heterocycles. The van der Waals surface area contributed by atoms with E-state index in [1.54, 1.807) is 11.0 Å². The lowest BCUT2D eigenvalue weighted by Gasteiger charge is -2.03. The number of hydrogen-bond acceptors (Lipinski definition) is 3. The van der Waals surface area contributed by atoms with Gasteiger partial charge in [0.1, 0.15) is 6.33 Å². The molecule has 4 heteroatoms. The second-order valence-corrected chi connectivity index (χ2v) is 2.57. The highest BCUT2D eigenvalue weighted by Crippen LogP contribution is 1.90. The summed E-state index contributed by atoms with van der Waals surface area (Å²) in [5, 5.41) is 4.11. The molecule has 0 amide bonds. The standard InChI is InChI=1S/C6H12N4/c1-9(2)4-6-7-5-10(3)8-6/h5H,4H2,1-3H3. The monoisotopic (exact) mass is 140 g/mol. The van der Waals surface area contributed by atoms with Crippen molar-refractivity contribution in [2.75, 3.05) is 14.1 Å². The molecule has 0 saturated heterocycles. The van der Waals surface area contributed by atoms with E-state index < -0.39 is 0 Å². The van der Waals surface area contributed by atoms with Gasteiger partial charge in [0.05, 0.1) is 6.54 Å². The molecular weight excluding hydrogens is 128 g/mol. The predicted octanol–water partition coefficient (Wildman–Crippen LogP) is -0.123. The van der Waals surface area contributed by atoms with Gasteiger partial charge in [-0.25, -0.2) is 4.98 Å². The first-order valence-corrected chi connectivity index (χ1v) is 3.18. The Morgan fingerprint density at radius 3 is 2.70 bits per heavy atom. The van der Waals surface area contributed by atoms with E-state index in [0.29, 0.717) is 0 Å². The Morgan fingerprint density at radius 2 is 2.30 bits per heavy atom. The van der Waals surface area contributed by atoms with Gasteiger partial charge in [0.2, 0.25) is 0 Å². The van der Waals surface area contributed by atoms with Crippen molar-refractivity contribution < 1.29 is 0 Å². The van der Waals surface area contributed by atoms with Crippen LogP contribution in [0, 0.1) is 0 Å². The molecule has 10 heavy (non-hydrogen) atoms. The van der Waals surface area contributed by atoms with Crippen molar-refractivity contribution in [2.45, 2.75) is 6.54 Å². The van der Waals surface area contributed by atoms with Crippen LogP contribution in [0.5, 0.6) is 0 Å². The van der Waals surface area contributed by atoms with Gasteiger partial charge in [0.25, 0.3) is 0 Å². The lowest BCUT2D eigenvalue weighted by molar-refractivity contribution is 0.389. The van der Waals surface area contributed by atoms with Crippen LogP contribution in [0.25, 0.3) is 0 Å². The summed E-state index contributed by atoms with van der Waals surface area (Å²) >= 11 is 0. The summed E-state index contributed by atoms with van der Waals surface area (Å²) in [5.41, 5.74) is 0. The average molecular weight is 140 g/mol. The van der Waals surface area contributed by atoms with Gasteiger partial charge in [-0.15, -0.1) is 0 Å². The van der Waals surface area contributed by atoms with Crippen LogP contribution in [0.3, 0.4) is 0 Å². The van der Waals surface area contributed by atoms with E-state index in [2.05, 4.69) is 10.1 Å². The highest BCUT2D eigenvalue weighted by Gasteiger charge is 1.97. The van der Waals surface area contributed by atoms with E-state index >= 15 is 0 Å². The average Bonchev–Trinajstić information content (AvgIpc) is 2.13. The minimum absolute atomic E-state index is 0.806. The van der Waals surface area contributed by atoms with Gasteiger partial charge < -0.3 is 4.90 Å². The second-order valence-electron chi connectivity index (χ2n) is 2.57. The van der Waals surface area contributed by atoms with E-state index in [9.17, 15) is 0 Å². The van der Waals surface area contributed by atoms with Crippen LogP contribution < -0.4 is 0 Å². The SMILES string of the molecule is CN(C)Cc1ncn(C)n1. The van der Waals surface area contributed by atoms with Gasteiger partial charge in [-0.3, -0.25) is 4.68 Å². The molecule has 0 aromatic carbocycles. The molecule has 0 aliphatic rings. The largest absolute Gasteiger partial charge is 0.302 e. The number of nitrogens with zero attached hydrogens (tertiary/aromatic N) is 4. The highest BCUT2D eigenvalue weighted by molar-refractivity contribution is 4.79. The number of aryl methyl sites for hydroxylation is 1. The fourth-order valence-electron chi connectivity index (χ4n) is 0.739. The summed E-state index contributed by atoms with van der Waals surface area (Å²) in [7, 11) is 5.86. The van der Waals surface area contributed by atoms with Crippen molar-refractivity contribution in [1.82, 2.24) is 19.7 Å². The van der Waals surface area contributed by atoms with Crippen LogP contribution in [0.1, 0.15) is 5.82 Å². The molecule has 0 bridgehead atoms. The van der Waals surface area contributed by atoms with Crippen LogP contribution in [0.15, 0.2) is 6.33 Å². The number of rotatable bonds is 2. The first-order valence-electron chi connectivity index (χ1n) is 3.18. The van der Waals surface area contributed by atoms with E-state index in [4.69, 9.17) is 0 Å². The van der Waals surface area contributed by atoms with Crippen molar-refractivity contribution >= 4 is 0 Å². The third-order valence-corrected chi connectivity index (χ3v) is 1.10. The van der Waals surface area contributed by atoms with Gasteiger partial charge in [0, 0.05) is 7.05 Å². The fourth-order valence-corrected chi connectivity index (χ4v) is 0.739. The molecule has 1 heterocycles. The summed E-state index contributed by atoms with van der Waals surface area (Å²) in [6.07, 6.45) is 1.71. The molecule has 0 saturated carbocycles. The Morgan fingerprint density at radius 1 is 1.60 bits per heavy atom. The summed E-state index contributed by atoms with van der Waals surface area (Å²) in [6.45, 7) is 0.806. The minimum Gasteiger partial charge on any atom is -0.302 e. The van der Waals surface area contributed by atoms with Crippen LogP contribution in [0.4, 0.5) is 0 Å². The molecule has 0 radical (unpaired) electrons. The van der Waals surface area contributed by atoms with E-state index in [1.807, 2.05) is 26.0 Å². The molecule has 0 aliphatic heterocycles. The number of hydrogen-bond donors (Lipinski definition) is 0. The third-order valence-electron chi connectivity index (χ3n) is 1.10. The Balaban J connectivity index is 2.58. The highest BCUT2D eigenvalue weighted by atomic mass is 15.3. The second kappa shape index (κ2) is 2.79. The third kappa shape index (κ3) is 1.80. The Kier molecular flexibility index (Phi) is 2.01. The quantitative estimate of drug-likeness (QED) is 0.574. The Labute approximate surface area is 60.5 Å². The van der Waals surface area contributed by atoms with Crippen molar-refractivity contribution in [3.8, 4) is 0 Å². The first kappa shape index (κ1) is 7.21. The molecule has 1 rings (SSSR count). The van der Waals surface area contributed by atoms with Crippen LogP contribution >= 0.6 is 0 Å². The molecule has 4 nitrogen and oxygen atoms in total. The smallest absolute Gasteiger partial charge is 0.164 e. The van der Waals surface area contributed by atoms with Crippen LogP contribution in [0.2, 0.25) is 0 Å². The minimum atomic E-state index is 0.806. The maximum absolute atomic E-state index is 4.11. The van der Waals surface area contributed by atoms with Gasteiger partial charge in [-0.05, 0) is 14.1 Å². The molecule has 0 unspecified atom stereocenters. The number of aromatic nitrogens is 3. The molecule has 0 atom stereocenters. The molecule has 0 spiro atoms. The summed E-state index contributed by atoms with van der Waals surface area (Å²) in [4.78, 5) is 6.10. The fraction of sp³-hybridized carbons (Fsp3) is 0.667. The van der Waals surface area contributed by atoms with E-state index in [1.165, 1.54) is 0 Å². The predicted molar refractivity (Wildman–Crippen MR) is 38.4 cm³/mol. The maximum Gasteiger partial charge on any atom is 0.164 e. The topological polar surface area (TPSA) is 34.0 Å². The molecule has 0 aliphatic carbocycles. The maximum atomic E-state index is 4.11. The molecule has 56 valence electrons. The lowest BCUT2D eigenvalue weighted by atomic mass is 10.6. The Hall–Kier alpha value is -0.900. The summed E-state index contributed by atoms with van der Waals surface area (Å²) < 4.78 is 1.71. The van der Waals surface area contributed by atoms with Crippen LogP contribution in [-0.2, 0) is 13.6 Å². The summed E-state index contributed by atoms with van der Waals surface area (Å²) in [6, 6.07) is 0. The molecule has 0 N–H and O–H groups in total. The molecule has 0 fully saturated rings. The molecular formula is C6H12N4. The zero-order valence-electron chi connectivity index (χ0n) is 6.57. The zero-order valence-corrected chi connectivity index (χ0v) is 6.57. The zero-order chi connectivity index (χ0) is 7.56. The van der Waals surface area contributed by atoms with Crippen LogP contribution in [-0.4, -0.2) is 33.8 Å². The molecule has 1 aromatic rings. The Bertz CT molecular complexity index is 203. The summed E-state index contributed by atoms with van der Waals surface area (Å²) in [5.74, 6) is 0.868. The van der Waals surface area contributed by atoms with Crippen molar-refractivity contribution in [3.05, 3.63) is 12.2 Å². The van der Waals surface area contributed by atoms with Gasteiger partial charge in [-0.2, -0.15) is 5.10 Å². The normalized spacial score (nSPS) is 10.8.